The van der Waals surface area contributed by atoms with Gasteiger partial charge in [0.15, 0.2) is 0 Å². The molecule has 1 N–H and O–H groups in total. The highest BCUT2D eigenvalue weighted by atomic mass is 35.5. The van der Waals surface area contributed by atoms with Gasteiger partial charge in [0, 0.05) is 23.2 Å². The Hall–Kier alpha value is -3.43. The number of nitrogens with one attached hydrogen (secondary N) is 1. The molecule has 148 valence electrons. The number of carbonyl (C=O) groups is 1. The predicted molar refractivity (Wildman–Crippen MR) is 112 cm³/mol. The molecule has 0 radical (unpaired) electrons. The van der Waals surface area contributed by atoms with Crippen LogP contribution in [0.2, 0.25) is 5.02 Å². The lowest BCUT2D eigenvalue weighted by atomic mass is 10.1. The van der Waals surface area contributed by atoms with Crippen LogP contribution in [0.3, 0.4) is 0 Å². The number of aromatic nitrogens is 2. The zero-order valence-electron chi connectivity index (χ0n) is 16.3. The van der Waals surface area contributed by atoms with Crippen molar-refractivity contribution < 1.29 is 14.3 Å². The van der Waals surface area contributed by atoms with E-state index < -0.39 is 0 Å². The molecule has 0 atom stereocenters. The Kier molecular flexibility index (Phi) is 6.43. The van der Waals surface area contributed by atoms with Crippen LogP contribution in [-0.4, -0.2) is 36.5 Å². The Bertz CT molecular complexity index is 1100. The molecule has 2 aromatic carbocycles. The minimum atomic E-state index is -0.270. The van der Waals surface area contributed by atoms with Gasteiger partial charge in [-0.3, -0.25) is 9.48 Å². The fourth-order valence-electron chi connectivity index (χ4n) is 2.75. The summed E-state index contributed by atoms with van der Waals surface area (Å²) in [4.78, 5) is 12.5. The van der Waals surface area contributed by atoms with Crippen molar-refractivity contribution in [1.29, 1.82) is 0 Å². The zero-order chi connectivity index (χ0) is 20.8. The van der Waals surface area contributed by atoms with E-state index in [4.69, 9.17) is 21.1 Å². The van der Waals surface area contributed by atoms with Crippen LogP contribution < -0.4 is 14.8 Å². The molecule has 29 heavy (non-hydrogen) atoms. The molecule has 0 aliphatic rings. The van der Waals surface area contributed by atoms with E-state index in [2.05, 4.69) is 22.3 Å². The number of nitrogens with zero attached hydrogens (tertiary/aromatic N) is 2. The summed E-state index contributed by atoms with van der Waals surface area (Å²) in [6, 6.07) is 14.4. The number of amides is 1. The van der Waals surface area contributed by atoms with E-state index in [1.807, 2.05) is 18.2 Å². The second kappa shape index (κ2) is 9.18. The summed E-state index contributed by atoms with van der Waals surface area (Å²) in [6.07, 6.45) is 0. The summed E-state index contributed by atoms with van der Waals surface area (Å²) in [5.74, 6) is 6.92. The first kappa shape index (κ1) is 20.3. The van der Waals surface area contributed by atoms with Gasteiger partial charge in [0.2, 0.25) is 0 Å². The highest BCUT2D eigenvalue weighted by Crippen LogP contribution is 2.32. The standard InChI is InChI=1S/C22H20ClN3O3/c1-26-20(22(27)24-11-5-7-15-6-4-8-16(23)12-15)14-19(25-26)18-13-17(28-2)9-10-21(18)29-3/h4,6,8-10,12-14H,11H2,1-3H3,(H,24,27). The third kappa shape index (κ3) is 4.89. The van der Waals surface area contributed by atoms with E-state index in [9.17, 15) is 4.79 Å². The lowest BCUT2D eigenvalue weighted by molar-refractivity contribution is 0.0949. The first-order valence-corrected chi connectivity index (χ1v) is 9.18. The quantitative estimate of drug-likeness (QED) is 0.654. The lowest BCUT2D eigenvalue weighted by Crippen LogP contribution is -2.25. The maximum Gasteiger partial charge on any atom is 0.270 e. The van der Waals surface area contributed by atoms with E-state index in [1.165, 1.54) is 4.68 Å². The second-order valence-electron chi connectivity index (χ2n) is 6.10. The van der Waals surface area contributed by atoms with Crippen molar-refractivity contribution in [3.8, 4) is 34.6 Å². The normalized spacial score (nSPS) is 10.1. The average molecular weight is 410 g/mol. The second-order valence-corrected chi connectivity index (χ2v) is 6.54. The number of halogens is 1. The van der Waals surface area contributed by atoms with Gasteiger partial charge in [-0.1, -0.05) is 29.5 Å². The van der Waals surface area contributed by atoms with E-state index in [-0.39, 0.29) is 12.5 Å². The molecule has 0 saturated heterocycles. The first-order chi connectivity index (χ1) is 14.0. The van der Waals surface area contributed by atoms with Crippen LogP contribution in [0.15, 0.2) is 48.5 Å². The van der Waals surface area contributed by atoms with Crippen LogP contribution in [-0.2, 0) is 7.05 Å². The number of carbonyl (C=O) groups excluding carboxylic acids is 1. The van der Waals surface area contributed by atoms with Crippen LogP contribution >= 0.6 is 11.6 Å². The first-order valence-electron chi connectivity index (χ1n) is 8.81. The molecule has 0 saturated carbocycles. The summed E-state index contributed by atoms with van der Waals surface area (Å²) < 4.78 is 12.2. The molecule has 0 spiro atoms. The summed E-state index contributed by atoms with van der Waals surface area (Å²) in [5.41, 5.74) is 2.55. The number of benzene rings is 2. The maximum absolute atomic E-state index is 12.5. The molecule has 1 amide bonds. The SMILES string of the molecule is COc1ccc(OC)c(-c2cc(C(=O)NCC#Cc3cccc(Cl)c3)n(C)n2)c1. The minimum absolute atomic E-state index is 0.203. The average Bonchev–Trinajstić information content (AvgIpc) is 3.12. The molecule has 1 aromatic heterocycles. The Morgan fingerprint density at radius 1 is 1.17 bits per heavy atom. The molecule has 3 rings (SSSR count). The van der Waals surface area contributed by atoms with Crippen molar-refractivity contribution in [2.75, 3.05) is 20.8 Å². The number of rotatable bonds is 5. The number of hydrogen-bond donors (Lipinski definition) is 1. The molecule has 3 aromatic rings. The van der Waals surface area contributed by atoms with Crippen LogP contribution in [0.1, 0.15) is 16.1 Å². The van der Waals surface area contributed by atoms with Crippen molar-refractivity contribution in [2.45, 2.75) is 0 Å². The van der Waals surface area contributed by atoms with Crippen LogP contribution in [0, 0.1) is 11.8 Å². The van der Waals surface area contributed by atoms with Crippen molar-refractivity contribution in [1.82, 2.24) is 15.1 Å². The maximum atomic E-state index is 12.5. The molecule has 0 fully saturated rings. The Morgan fingerprint density at radius 2 is 2.00 bits per heavy atom. The number of ether oxygens (including phenoxy) is 2. The minimum Gasteiger partial charge on any atom is -0.497 e. The fourth-order valence-corrected chi connectivity index (χ4v) is 2.94. The van der Waals surface area contributed by atoms with Gasteiger partial charge in [0.05, 0.1) is 26.5 Å². The van der Waals surface area contributed by atoms with E-state index >= 15 is 0 Å². The molecule has 0 aliphatic carbocycles. The highest BCUT2D eigenvalue weighted by Gasteiger charge is 2.17. The number of aryl methyl sites for hydroxylation is 1. The zero-order valence-corrected chi connectivity index (χ0v) is 17.1. The molecular formula is C22H20ClN3O3. The third-order valence-corrected chi connectivity index (χ3v) is 4.42. The molecule has 1 heterocycles. The molecule has 0 aliphatic heterocycles. The summed E-state index contributed by atoms with van der Waals surface area (Å²) in [6.45, 7) is 0.203. The van der Waals surface area contributed by atoms with Crippen LogP contribution in [0.4, 0.5) is 0 Å². The third-order valence-electron chi connectivity index (χ3n) is 4.19. The Labute approximate surface area is 174 Å². The van der Waals surface area contributed by atoms with Crippen molar-refractivity contribution in [2.24, 2.45) is 7.05 Å². The van der Waals surface area contributed by atoms with E-state index in [0.29, 0.717) is 27.9 Å². The van der Waals surface area contributed by atoms with Crippen LogP contribution in [0.25, 0.3) is 11.3 Å². The van der Waals surface area contributed by atoms with Crippen LogP contribution in [0.5, 0.6) is 11.5 Å². The molecule has 0 unspecified atom stereocenters. The highest BCUT2D eigenvalue weighted by molar-refractivity contribution is 6.30. The lowest BCUT2D eigenvalue weighted by Gasteiger charge is -2.08. The van der Waals surface area contributed by atoms with Gasteiger partial charge in [-0.15, -0.1) is 0 Å². The topological polar surface area (TPSA) is 65.4 Å². The van der Waals surface area contributed by atoms with Gasteiger partial charge in [-0.05, 0) is 42.5 Å². The molecule has 0 bridgehead atoms. The number of methoxy groups -OCH3 is 2. The predicted octanol–water partition coefficient (Wildman–Crippen LogP) is 3.54. The van der Waals surface area contributed by atoms with E-state index in [0.717, 1.165) is 11.1 Å². The Balaban J connectivity index is 1.74. The van der Waals surface area contributed by atoms with Crippen molar-refractivity contribution in [3.63, 3.8) is 0 Å². The molecule has 6 nitrogen and oxygen atoms in total. The van der Waals surface area contributed by atoms with Gasteiger partial charge in [0.25, 0.3) is 5.91 Å². The summed E-state index contributed by atoms with van der Waals surface area (Å²) in [5, 5.41) is 7.84. The summed E-state index contributed by atoms with van der Waals surface area (Å²) in [7, 11) is 4.89. The van der Waals surface area contributed by atoms with Gasteiger partial charge >= 0.3 is 0 Å². The monoisotopic (exact) mass is 409 g/mol. The fraction of sp³-hybridized carbons (Fsp3) is 0.182. The van der Waals surface area contributed by atoms with Gasteiger partial charge in [0.1, 0.15) is 17.2 Å². The molecular weight excluding hydrogens is 390 g/mol. The van der Waals surface area contributed by atoms with Gasteiger partial charge < -0.3 is 14.8 Å². The van der Waals surface area contributed by atoms with Gasteiger partial charge in [-0.2, -0.15) is 5.10 Å². The number of hydrogen-bond acceptors (Lipinski definition) is 4. The van der Waals surface area contributed by atoms with Gasteiger partial charge in [-0.25, -0.2) is 0 Å². The summed E-state index contributed by atoms with van der Waals surface area (Å²) >= 11 is 5.94. The largest absolute Gasteiger partial charge is 0.497 e. The van der Waals surface area contributed by atoms with Crippen molar-refractivity contribution in [3.05, 3.63) is 64.8 Å². The van der Waals surface area contributed by atoms with Crippen molar-refractivity contribution >= 4 is 17.5 Å². The smallest absolute Gasteiger partial charge is 0.270 e. The molecule has 7 heteroatoms. The van der Waals surface area contributed by atoms with E-state index in [1.54, 1.807) is 51.6 Å². The Morgan fingerprint density at radius 3 is 2.72 bits per heavy atom.